The van der Waals surface area contributed by atoms with E-state index in [9.17, 15) is 9.59 Å². The third-order valence-electron chi connectivity index (χ3n) is 5.34. The van der Waals surface area contributed by atoms with Crippen molar-refractivity contribution in [1.29, 1.82) is 0 Å². The molecule has 152 valence electrons. The monoisotopic (exact) mass is 400 g/mol. The van der Waals surface area contributed by atoms with Crippen LogP contribution in [-0.2, 0) is 4.79 Å². The Balaban J connectivity index is 1.66. The van der Waals surface area contributed by atoms with Crippen LogP contribution in [0.5, 0.6) is 11.5 Å². The maximum absolute atomic E-state index is 12.8. The smallest absolute Gasteiger partial charge is 0.343 e. The Morgan fingerprint density at radius 1 is 0.900 bits per heavy atom. The SMILES string of the molecule is Cc1cccc(C(=O)Oc2cccc3cccc(OC(=O)C4=CC(C)CCC4)c23)c1. The number of aryl methyl sites for hydroxylation is 1. The Labute approximate surface area is 176 Å². The average molecular weight is 400 g/mol. The summed E-state index contributed by atoms with van der Waals surface area (Å²) in [5, 5.41) is 1.44. The standard InChI is InChI=1S/C26H24O4/c1-17-7-3-11-20(15-17)25(27)29-22-13-5-9-19-10-6-14-23(24(19)22)30-26(28)21-12-4-8-18(2)16-21/h3,5-7,9-11,13-16,18H,4,8,12H2,1-2H3. The van der Waals surface area contributed by atoms with Gasteiger partial charge in [0.15, 0.2) is 0 Å². The van der Waals surface area contributed by atoms with Gasteiger partial charge in [0, 0.05) is 5.57 Å². The average Bonchev–Trinajstić information content (AvgIpc) is 2.74. The lowest BCUT2D eigenvalue weighted by atomic mass is 9.92. The largest absolute Gasteiger partial charge is 0.422 e. The number of benzene rings is 3. The molecular formula is C26H24O4. The maximum Gasteiger partial charge on any atom is 0.343 e. The highest BCUT2D eigenvalue weighted by Crippen LogP contribution is 2.35. The van der Waals surface area contributed by atoms with E-state index in [1.165, 1.54) is 0 Å². The van der Waals surface area contributed by atoms with E-state index in [2.05, 4.69) is 6.92 Å². The number of fused-ring (bicyclic) bond motifs is 1. The lowest BCUT2D eigenvalue weighted by Gasteiger charge is -2.17. The Hall–Kier alpha value is -3.40. The Morgan fingerprint density at radius 3 is 2.23 bits per heavy atom. The van der Waals surface area contributed by atoms with Gasteiger partial charge in [-0.3, -0.25) is 0 Å². The third-order valence-corrected chi connectivity index (χ3v) is 5.34. The van der Waals surface area contributed by atoms with Crippen molar-refractivity contribution in [1.82, 2.24) is 0 Å². The van der Waals surface area contributed by atoms with Crippen LogP contribution in [0.15, 0.2) is 72.3 Å². The minimum atomic E-state index is -0.448. The first-order valence-electron chi connectivity index (χ1n) is 10.2. The van der Waals surface area contributed by atoms with Crippen LogP contribution in [0, 0.1) is 12.8 Å². The number of carbonyl (C=O) groups excluding carboxylic acids is 2. The summed E-state index contributed by atoms with van der Waals surface area (Å²) in [5.74, 6) is 0.349. The highest BCUT2D eigenvalue weighted by molar-refractivity contribution is 6.00. The molecule has 1 atom stereocenters. The van der Waals surface area contributed by atoms with Crippen molar-refractivity contribution in [3.63, 3.8) is 0 Å². The van der Waals surface area contributed by atoms with Crippen molar-refractivity contribution in [3.05, 3.63) is 83.4 Å². The predicted octanol–water partition coefficient (Wildman–Crippen LogP) is 6.02. The van der Waals surface area contributed by atoms with Gasteiger partial charge in [0.05, 0.1) is 10.9 Å². The zero-order valence-corrected chi connectivity index (χ0v) is 17.2. The first-order valence-corrected chi connectivity index (χ1v) is 10.2. The van der Waals surface area contributed by atoms with Crippen LogP contribution < -0.4 is 9.47 Å². The summed E-state index contributed by atoms with van der Waals surface area (Å²) >= 11 is 0. The van der Waals surface area contributed by atoms with E-state index in [1.54, 1.807) is 24.3 Å². The summed E-state index contributed by atoms with van der Waals surface area (Å²) < 4.78 is 11.5. The molecule has 0 amide bonds. The van der Waals surface area contributed by atoms with E-state index < -0.39 is 5.97 Å². The molecule has 0 aromatic heterocycles. The lowest BCUT2D eigenvalue weighted by molar-refractivity contribution is -0.130. The number of esters is 2. The second-order valence-corrected chi connectivity index (χ2v) is 7.82. The molecule has 0 saturated heterocycles. The number of rotatable bonds is 4. The van der Waals surface area contributed by atoms with Gasteiger partial charge in [-0.15, -0.1) is 0 Å². The zero-order chi connectivity index (χ0) is 21.1. The normalized spacial score (nSPS) is 16.1. The molecule has 0 fully saturated rings. The Kier molecular flexibility index (Phi) is 5.66. The number of hydrogen-bond donors (Lipinski definition) is 0. The van der Waals surface area contributed by atoms with Crippen LogP contribution in [0.3, 0.4) is 0 Å². The van der Waals surface area contributed by atoms with Gasteiger partial charge in [0.25, 0.3) is 0 Å². The Bertz CT molecular complexity index is 1140. The van der Waals surface area contributed by atoms with Crippen LogP contribution in [-0.4, -0.2) is 11.9 Å². The molecule has 1 unspecified atom stereocenters. The van der Waals surface area contributed by atoms with Crippen molar-refractivity contribution in [3.8, 4) is 11.5 Å². The highest BCUT2D eigenvalue weighted by atomic mass is 16.5. The van der Waals surface area contributed by atoms with Gasteiger partial charge in [0.1, 0.15) is 11.5 Å². The molecule has 3 aromatic carbocycles. The number of hydrogen-bond acceptors (Lipinski definition) is 4. The second kappa shape index (κ2) is 8.54. The van der Waals surface area contributed by atoms with Gasteiger partial charge in [-0.2, -0.15) is 0 Å². The molecule has 0 heterocycles. The molecule has 0 bridgehead atoms. The molecular weight excluding hydrogens is 376 g/mol. The van der Waals surface area contributed by atoms with Crippen LogP contribution in [0.1, 0.15) is 42.1 Å². The van der Waals surface area contributed by atoms with Crippen molar-refractivity contribution in [2.24, 2.45) is 5.92 Å². The van der Waals surface area contributed by atoms with Gasteiger partial charge in [-0.05, 0) is 61.8 Å². The molecule has 0 N–H and O–H groups in total. The van der Waals surface area contributed by atoms with Gasteiger partial charge < -0.3 is 9.47 Å². The Morgan fingerprint density at radius 2 is 1.57 bits per heavy atom. The molecule has 1 aliphatic rings. The molecule has 0 radical (unpaired) electrons. The van der Waals surface area contributed by atoms with E-state index in [4.69, 9.17) is 9.47 Å². The van der Waals surface area contributed by atoms with Crippen LogP contribution >= 0.6 is 0 Å². The molecule has 4 rings (SSSR count). The summed E-state index contributed by atoms with van der Waals surface area (Å²) in [4.78, 5) is 25.4. The number of carbonyl (C=O) groups is 2. The molecule has 0 aliphatic heterocycles. The quantitative estimate of drug-likeness (QED) is 0.397. The molecule has 3 aromatic rings. The van der Waals surface area contributed by atoms with Crippen molar-refractivity contribution in [2.45, 2.75) is 33.1 Å². The van der Waals surface area contributed by atoms with Crippen molar-refractivity contribution in [2.75, 3.05) is 0 Å². The summed E-state index contributed by atoms with van der Waals surface area (Å²) in [5.41, 5.74) is 2.16. The lowest BCUT2D eigenvalue weighted by Crippen LogP contribution is -2.15. The van der Waals surface area contributed by atoms with Gasteiger partial charge in [-0.25, -0.2) is 9.59 Å². The summed E-state index contributed by atoms with van der Waals surface area (Å²) in [7, 11) is 0. The van der Waals surface area contributed by atoms with Crippen molar-refractivity contribution < 1.29 is 19.1 Å². The molecule has 1 aliphatic carbocycles. The van der Waals surface area contributed by atoms with Gasteiger partial charge in [-0.1, -0.05) is 55.0 Å². The summed E-state index contributed by atoms with van der Waals surface area (Å²) in [6.45, 7) is 4.03. The summed E-state index contributed by atoms with van der Waals surface area (Å²) in [6.07, 6.45) is 4.79. The highest BCUT2D eigenvalue weighted by Gasteiger charge is 2.20. The predicted molar refractivity (Wildman–Crippen MR) is 117 cm³/mol. The molecule has 4 nitrogen and oxygen atoms in total. The van der Waals surface area contributed by atoms with E-state index in [1.807, 2.05) is 49.4 Å². The maximum atomic E-state index is 12.8. The molecule has 4 heteroatoms. The fraction of sp³-hybridized carbons (Fsp3) is 0.231. The number of allylic oxidation sites excluding steroid dienone is 1. The second-order valence-electron chi connectivity index (χ2n) is 7.82. The fourth-order valence-corrected chi connectivity index (χ4v) is 3.83. The van der Waals surface area contributed by atoms with E-state index >= 15 is 0 Å². The topological polar surface area (TPSA) is 52.6 Å². The van der Waals surface area contributed by atoms with Gasteiger partial charge in [0.2, 0.25) is 0 Å². The van der Waals surface area contributed by atoms with E-state index in [-0.39, 0.29) is 5.97 Å². The third kappa shape index (κ3) is 4.28. The molecule has 30 heavy (non-hydrogen) atoms. The van der Waals surface area contributed by atoms with E-state index in [0.717, 1.165) is 30.2 Å². The van der Waals surface area contributed by atoms with Crippen molar-refractivity contribution >= 4 is 22.7 Å². The number of ether oxygens (including phenoxy) is 2. The van der Waals surface area contributed by atoms with E-state index in [0.29, 0.717) is 33.9 Å². The summed E-state index contributed by atoms with van der Waals surface area (Å²) in [6, 6.07) is 18.1. The molecule has 0 spiro atoms. The minimum absolute atomic E-state index is 0.339. The van der Waals surface area contributed by atoms with Crippen LogP contribution in [0.2, 0.25) is 0 Å². The minimum Gasteiger partial charge on any atom is -0.422 e. The zero-order valence-electron chi connectivity index (χ0n) is 17.2. The van der Waals surface area contributed by atoms with Crippen LogP contribution in [0.4, 0.5) is 0 Å². The van der Waals surface area contributed by atoms with Crippen LogP contribution in [0.25, 0.3) is 10.8 Å². The fourth-order valence-electron chi connectivity index (χ4n) is 3.83. The first kappa shape index (κ1) is 19.9. The first-order chi connectivity index (χ1) is 14.5. The molecule has 0 saturated carbocycles. The van der Waals surface area contributed by atoms with Gasteiger partial charge >= 0.3 is 11.9 Å².